The molecular weight excluding hydrogens is 266 g/mol. The van der Waals surface area contributed by atoms with E-state index in [0.717, 1.165) is 10.0 Å². The van der Waals surface area contributed by atoms with Gasteiger partial charge < -0.3 is 0 Å². The van der Waals surface area contributed by atoms with E-state index in [0.29, 0.717) is 16.9 Å². The monoisotopic (exact) mass is 271 g/mol. The van der Waals surface area contributed by atoms with Crippen LogP contribution in [0.1, 0.15) is 16.1 Å². The normalized spacial score (nSPS) is 10.4. The zero-order chi connectivity index (χ0) is 11.5. The fourth-order valence-electron chi connectivity index (χ4n) is 1.00. The second-order valence-electron chi connectivity index (χ2n) is 2.86. The summed E-state index contributed by atoms with van der Waals surface area (Å²) < 4.78 is 0.829. The van der Waals surface area contributed by atoms with E-state index in [9.17, 15) is 4.79 Å². The number of aldehydes is 1. The van der Waals surface area contributed by atoms with Crippen molar-refractivity contribution in [3.63, 3.8) is 0 Å². The van der Waals surface area contributed by atoms with E-state index in [1.165, 1.54) is 29.4 Å². The molecule has 2 aromatic rings. The Morgan fingerprint density at radius 1 is 1.50 bits per heavy atom. The van der Waals surface area contributed by atoms with Gasteiger partial charge in [0, 0.05) is 11.1 Å². The maximum atomic E-state index is 10.8. The molecule has 0 saturated heterocycles. The van der Waals surface area contributed by atoms with Gasteiger partial charge in [0.05, 0.1) is 5.56 Å². The lowest BCUT2D eigenvalue weighted by Crippen LogP contribution is -1.93. The highest BCUT2D eigenvalue weighted by Crippen LogP contribution is 2.31. The number of aromatic nitrogens is 3. The molecule has 0 spiro atoms. The lowest BCUT2D eigenvalue weighted by molar-refractivity contribution is 0.112. The highest BCUT2D eigenvalue weighted by atomic mass is 35.5. The van der Waals surface area contributed by atoms with E-state index in [-0.39, 0.29) is 5.15 Å². The van der Waals surface area contributed by atoms with Gasteiger partial charge in [-0.3, -0.25) is 4.79 Å². The molecule has 82 valence electrons. The van der Waals surface area contributed by atoms with Gasteiger partial charge in [-0.1, -0.05) is 11.6 Å². The number of carbonyl (C=O) groups excluding carboxylic acids is 1. The Balaban J connectivity index is 2.34. The summed E-state index contributed by atoms with van der Waals surface area (Å²) >= 11 is 8.60. The van der Waals surface area contributed by atoms with Crippen LogP contribution in [0, 0.1) is 6.92 Å². The van der Waals surface area contributed by atoms with Crippen molar-refractivity contribution in [1.82, 2.24) is 15.0 Å². The van der Waals surface area contributed by atoms with E-state index in [2.05, 4.69) is 15.0 Å². The summed E-state index contributed by atoms with van der Waals surface area (Å²) in [6, 6.07) is 0. The van der Waals surface area contributed by atoms with Crippen molar-refractivity contribution >= 4 is 41.0 Å². The minimum absolute atomic E-state index is 0.167. The number of rotatable bonds is 3. The van der Waals surface area contributed by atoms with Crippen molar-refractivity contribution in [1.29, 1.82) is 0 Å². The Morgan fingerprint density at radius 3 is 2.94 bits per heavy atom. The first kappa shape index (κ1) is 11.5. The zero-order valence-electron chi connectivity index (χ0n) is 8.18. The first-order valence-electron chi connectivity index (χ1n) is 4.26. The summed E-state index contributed by atoms with van der Waals surface area (Å²) in [7, 11) is 0. The third kappa shape index (κ3) is 2.40. The highest BCUT2D eigenvalue weighted by Gasteiger charge is 2.12. The quantitative estimate of drug-likeness (QED) is 0.635. The zero-order valence-corrected chi connectivity index (χ0v) is 10.6. The van der Waals surface area contributed by atoms with Crippen LogP contribution in [0.5, 0.6) is 0 Å². The summed E-state index contributed by atoms with van der Waals surface area (Å²) in [6.45, 7) is 1.91. The van der Waals surface area contributed by atoms with Gasteiger partial charge >= 0.3 is 0 Å². The van der Waals surface area contributed by atoms with Crippen molar-refractivity contribution < 1.29 is 4.79 Å². The van der Waals surface area contributed by atoms with Crippen LogP contribution in [-0.2, 0) is 0 Å². The van der Waals surface area contributed by atoms with E-state index < -0.39 is 0 Å². The summed E-state index contributed by atoms with van der Waals surface area (Å²) in [4.78, 5) is 22.9. The predicted octanol–water partition coefficient (Wildman–Crippen LogP) is 2.86. The van der Waals surface area contributed by atoms with E-state index >= 15 is 0 Å². The van der Waals surface area contributed by atoms with Crippen molar-refractivity contribution in [2.24, 2.45) is 0 Å². The molecule has 0 aromatic carbocycles. The third-order valence-electron chi connectivity index (χ3n) is 1.70. The molecule has 0 fully saturated rings. The number of hydrogen-bond acceptors (Lipinski definition) is 6. The van der Waals surface area contributed by atoms with Gasteiger partial charge in [0.25, 0.3) is 0 Å². The number of hydrogen-bond donors (Lipinski definition) is 0. The Hall–Kier alpha value is -0.980. The summed E-state index contributed by atoms with van der Waals surface area (Å²) in [6.07, 6.45) is 1.99. The van der Waals surface area contributed by atoms with E-state index in [4.69, 9.17) is 11.6 Å². The van der Waals surface area contributed by atoms with Gasteiger partial charge in [0.2, 0.25) is 0 Å². The fourth-order valence-corrected chi connectivity index (χ4v) is 3.04. The molecule has 2 aromatic heterocycles. The first-order valence-corrected chi connectivity index (χ1v) is 6.34. The van der Waals surface area contributed by atoms with Crippen LogP contribution in [-0.4, -0.2) is 21.2 Å². The molecule has 2 rings (SSSR count). The van der Waals surface area contributed by atoms with Gasteiger partial charge in [-0.05, 0) is 18.7 Å². The minimum Gasteiger partial charge on any atom is -0.298 e. The van der Waals surface area contributed by atoms with Crippen LogP contribution in [0.3, 0.4) is 0 Å². The number of halogens is 1. The van der Waals surface area contributed by atoms with E-state index in [1.807, 2.05) is 12.3 Å². The molecule has 0 bridgehead atoms. The van der Waals surface area contributed by atoms with Crippen LogP contribution in [0.25, 0.3) is 0 Å². The largest absolute Gasteiger partial charge is 0.298 e. The Labute approximate surface area is 105 Å². The lowest BCUT2D eigenvalue weighted by atomic mass is 10.4. The average Bonchev–Trinajstić information content (AvgIpc) is 2.64. The van der Waals surface area contributed by atoms with E-state index in [1.54, 1.807) is 0 Å². The first-order chi connectivity index (χ1) is 7.70. The molecule has 0 N–H and O–H groups in total. The van der Waals surface area contributed by atoms with Crippen LogP contribution in [0.15, 0.2) is 21.1 Å². The highest BCUT2D eigenvalue weighted by molar-refractivity contribution is 8.01. The summed E-state index contributed by atoms with van der Waals surface area (Å²) in [5.41, 5.74) is 1.25. The number of aryl methyl sites for hydroxylation is 1. The molecule has 2 heterocycles. The molecule has 4 nitrogen and oxygen atoms in total. The van der Waals surface area contributed by atoms with Crippen LogP contribution >= 0.6 is 34.7 Å². The lowest BCUT2D eigenvalue weighted by Gasteiger charge is -2.00. The van der Waals surface area contributed by atoms with Gasteiger partial charge in [0.1, 0.15) is 16.5 Å². The minimum atomic E-state index is 0.167. The molecule has 0 aliphatic heterocycles. The molecule has 0 radical (unpaired) electrons. The maximum Gasteiger partial charge on any atom is 0.156 e. The number of nitrogens with zero attached hydrogens (tertiary/aromatic N) is 3. The molecule has 7 heteroatoms. The van der Waals surface area contributed by atoms with Gasteiger partial charge in [-0.15, -0.1) is 11.3 Å². The molecule has 0 aliphatic carbocycles. The Bertz CT molecular complexity index is 529. The van der Waals surface area contributed by atoms with Gasteiger partial charge in [-0.2, -0.15) is 0 Å². The van der Waals surface area contributed by atoms with Crippen LogP contribution in [0.2, 0.25) is 5.15 Å². The molecule has 0 aliphatic rings. The third-order valence-corrected chi connectivity index (χ3v) is 4.07. The van der Waals surface area contributed by atoms with Crippen LogP contribution < -0.4 is 0 Å². The maximum absolute atomic E-state index is 10.8. The van der Waals surface area contributed by atoms with Crippen LogP contribution in [0.4, 0.5) is 0 Å². The summed E-state index contributed by atoms with van der Waals surface area (Å²) in [5.74, 6) is 0. The number of carbonyl (C=O) groups is 1. The SMILES string of the molecule is Cc1csc(Sc2ncnc(Cl)c2C=O)n1. The van der Waals surface area contributed by atoms with Gasteiger partial charge in [-0.25, -0.2) is 15.0 Å². The Kier molecular flexibility index (Phi) is 3.52. The van der Waals surface area contributed by atoms with Crippen molar-refractivity contribution in [2.75, 3.05) is 0 Å². The molecule has 0 atom stereocenters. The average molecular weight is 272 g/mol. The fraction of sp³-hybridized carbons (Fsp3) is 0.111. The summed E-state index contributed by atoms with van der Waals surface area (Å²) in [5, 5.41) is 2.64. The standard InChI is InChI=1S/C9H6ClN3OS2/c1-5-3-15-9(13-5)16-8-6(2-14)7(10)11-4-12-8/h2-4H,1H3. The predicted molar refractivity (Wildman–Crippen MR) is 63.4 cm³/mol. The Morgan fingerprint density at radius 2 is 2.31 bits per heavy atom. The molecular formula is C9H6ClN3OS2. The topological polar surface area (TPSA) is 55.7 Å². The van der Waals surface area contributed by atoms with Gasteiger partial charge in [0.15, 0.2) is 10.6 Å². The molecule has 0 unspecified atom stereocenters. The molecule has 0 saturated carbocycles. The second-order valence-corrected chi connectivity index (χ2v) is 5.31. The number of thiazole rings is 1. The second kappa shape index (κ2) is 4.90. The van der Waals surface area contributed by atoms with Crippen molar-refractivity contribution in [3.05, 3.63) is 28.1 Å². The smallest absolute Gasteiger partial charge is 0.156 e. The molecule has 16 heavy (non-hydrogen) atoms. The van der Waals surface area contributed by atoms with Crippen molar-refractivity contribution in [2.45, 2.75) is 16.3 Å². The van der Waals surface area contributed by atoms with Crippen molar-refractivity contribution in [3.8, 4) is 0 Å². The molecule has 0 amide bonds.